The summed E-state index contributed by atoms with van der Waals surface area (Å²) in [6.45, 7) is 3.41. The number of anilines is 2. The normalized spacial score (nSPS) is 12.9. The van der Waals surface area contributed by atoms with E-state index in [0.29, 0.717) is 48.2 Å². The van der Waals surface area contributed by atoms with Crippen LogP contribution in [0, 0.1) is 0 Å². The number of hydrogen-bond donors (Lipinski definition) is 2. The van der Waals surface area contributed by atoms with E-state index >= 15 is 0 Å². The molecular formula is C20H20N4O4S. The number of ether oxygens (including phenoxy) is 1. The molecule has 3 amide bonds. The largest absolute Gasteiger partial charge is 0.492 e. The Labute approximate surface area is 171 Å². The molecule has 2 aromatic heterocycles. The van der Waals surface area contributed by atoms with E-state index in [-0.39, 0.29) is 11.9 Å². The number of nitrogens with zero attached hydrogens (tertiary/aromatic N) is 2. The van der Waals surface area contributed by atoms with Crippen molar-refractivity contribution in [2.45, 2.75) is 19.9 Å². The molecule has 0 spiro atoms. The number of urea groups is 1. The number of carbonyl (C=O) groups excluding carboxylic acids is 2. The van der Waals surface area contributed by atoms with Gasteiger partial charge >= 0.3 is 6.03 Å². The summed E-state index contributed by atoms with van der Waals surface area (Å²) in [7, 11) is 0. The number of thiazole rings is 1. The van der Waals surface area contributed by atoms with E-state index in [1.165, 1.54) is 23.9 Å². The fraction of sp³-hybridized carbons (Fsp3) is 0.250. The van der Waals surface area contributed by atoms with Crippen molar-refractivity contribution in [3.63, 3.8) is 0 Å². The minimum absolute atomic E-state index is 0.194. The second kappa shape index (κ2) is 8.36. The molecule has 150 valence electrons. The van der Waals surface area contributed by atoms with Gasteiger partial charge in [-0.1, -0.05) is 23.5 Å². The Bertz CT molecular complexity index is 1020. The summed E-state index contributed by atoms with van der Waals surface area (Å²) in [5, 5.41) is 6.22. The summed E-state index contributed by atoms with van der Waals surface area (Å²) in [5.74, 6) is 0.370. The van der Waals surface area contributed by atoms with Gasteiger partial charge in [0.15, 0.2) is 5.13 Å². The van der Waals surface area contributed by atoms with Crippen molar-refractivity contribution < 1.29 is 18.7 Å². The summed E-state index contributed by atoms with van der Waals surface area (Å²) < 4.78 is 10.5. The number of carbonyl (C=O) groups is 2. The quantitative estimate of drug-likeness (QED) is 0.661. The molecule has 0 fully saturated rings. The highest BCUT2D eigenvalue weighted by Gasteiger charge is 2.25. The molecule has 0 bridgehead atoms. The summed E-state index contributed by atoms with van der Waals surface area (Å²) in [6, 6.07) is 8.75. The van der Waals surface area contributed by atoms with Crippen molar-refractivity contribution >= 4 is 34.1 Å². The van der Waals surface area contributed by atoms with Crippen LogP contribution in [-0.4, -0.2) is 35.0 Å². The van der Waals surface area contributed by atoms with Crippen LogP contribution in [0.1, 0.15) is 27.9 Å². The zero-order chi connectivity index (χ0) is 20.2. The standard InChI is InChI=1S/C20H20N4O4S/c1-2-28-16-6-4-3-5-14(16)22-20(26)24-9-7-15-17(11-24)29-19(21-15)23-18(25)13-8-10-27-12-13/h3-6,8,10,12H,2,7,9,11H2,1H3,(H,22,26)(H,21,23,25). The maximum absolute atomic E-state index is 12.7. The molecule has 1 aromatic carbocycles. The molecule has 0 atom stereocenters. The van der Waals surface area contributed by atoms with Crippen molar-refractivity contribution in [1.29, 1.82) is 0 Å². The maximum Gasteiger partial charge on any atom is 0.322 e. The molecule has 3 aromatic rings. The van der Waals surface area contributed by atoms with Gasteiger partial charge in [-0.2, -0.15) is 0 Å². The molecule has 0 saturated heterocycles. The Balaban J connectivity index is 1.41. The van der Waals surface area contributed by atoms with Crippen molar-refractivity contribution in [1.82, 2.24) is 9.88 Å². The van der Waals surface area contributed by atoms with Gasteiger partial charge in [-0.05, 0) is 25.1 Å². The molecule has 1 aliphatic heterocycles. The van der Waals surface area contributed by atoms with E-state index < -0.39 is 0 Å². The first-order valence-corrected chi connectivity index (χ1v) is 10.1. The summed E-state index contributed by atoms with van der Waals surface area (Å²) in [4.78, 5) is 32.1. The number of rotatable bonds is 5. The zero-order valence-electron chi connectivity index (χ0n) is 15.8. The van der Waals surface area contributed by atoms with Gasteiger partial charge < -0.3 is 19.4 Å². The topological polar surface area (TPSA) is 96.7 Å². The highest BCUT2D eigenvalue weighted by Crippen LogP contribution is 2.30. The molecule has 0 radical (unpaired) electrons. The molecule has 0 aliphatic carbocycles. The Kier molecular flexibility index (Phi) is 5.48. The zero-order valence-corrected chi connectivity index (χ0v) is 16.6. The van der Waals surface area contributed by atoms with E-state index in [1.807, 2.05) is 31.2 Å². The number of fused-ring (bicyclic) bond motifs is 1. The third-order valence-corrected chi connectivity index (χ3v) is 5.45. The van der Waals surface area contributed by atoms with E-state index in [1.54, 1.807) is 11.0 Å². The number of aromatic nitrogens is 1. The minimum atomic E-state index is -0.271. The van der Waals surface area contributed by atoms with Gasteiger partial charge in [-0.3, -0.25) is 10.1 Å². The van der Waals surface area contributed by atoms with Crippen molar-refractivity contribution in [2.75, 3.05) is 23.8 Å². The first-order valence-electron chi connectivity index (χ1n) is 9.24. The lowest BCUT2D eigenvalue weighted by atomic mass is 10.2. The summed E-state index contributed by atoms with van der Waals surface area (Å²) in [5.41, 5.74) is 1.99. The predicted molar refractivity (Wildman–Crippen MR) is 110 cm³/mol. The van der Waals surface area contributed by atoms with Crippen molar-refractivity contribution in [3.8, 4) is 5.75 Å². The van der Waals surface area contributed by atoms with E-state index in [9.17, 15) is 9.59 Å². The van der Waals surface area contributed by atoms with Gasteiger partial charge in [0.1, 0.15) is 12.0 Å². The van der Waals surface area contributed by atoms with Crippen LogP contribution in [0.25, 0.3) is 0 Å². The van der Waals surface area contributed by atoms with Gasteiger partial charge in [0, 0.05) is 17.8 Å². The lowest BCUT2D eigenvalue weighted by Gasteiger charge is -2.26. The number of hydrogen-bond acceptors (Lipinski definition) is 6. The third-order valence-electron chi connectivity index (χ3n) is 4.45. The highest BCUT2D eigenvalue weighted by molar-refractivity contribution is 7.15. The van der Waals surface area contributed by atoms with Crippen molar-refractivity contribution in [2.24, 2.45) is 0 Å². The monoisotopic (exact) mass is 412 g/mol. The summed E-state index contributed by atoms with van der Waals surface area (Å²) >= 11 is 1.38. The smallest absolute Gasteiger partial charge is 0.322 e. The molecule has 8 nitrogen and oxygen atoms in total. The molecule has 2 N–H and O–H groups in total. The van der Waals surface area contributed by atoms with E-state index in [2.05, 4.69) is 15.6 Å². The van der Waals surface area contributed by atoms with E-state index in [4.69, 9.17) is 9.15 Å². The van der Waals surface area contributed by atoms with Crippen molar-refractivity contribution in [3.05, 3.63) is 59.0 Å². The van der Waals surface area contributed by atoms with Gasteiger partial charge in [0.25, 0.3) is 5.91 Å². The fourth-order valence-corrected chi connectivity index (χ4v) is 4.05. The lowest BCUT2D eigenvalue weighted by molar-refractivity contribution is 0.102. The molecule has 3 heterocycles. The Hall–Kier alpha value is -3.33. The molecule has 0 unspecified atom stereocenters. The molecule has 0 saturated carbocycles. The molecule has 1 aliphatic rings. The molecular weight excluding hydrogens is 392 g/mol. The minimum Gasteiger partial charge on any atom is -0.492 e. The first-order chi connectivity index (χ1) is 14.1. The number of furan rings is 1. The molecule has 29 heavy (non-hydrogen) atoms. The third kappa shape index (κ3) is 4.24. The van der Waals surface area contributed by atoms with Crippen LogP contribution in [-0.2, 0) is 13.0 Å². The van der Waals surface area contributed by atoms with Crippen LogP contribution < -0.4 is 15.4 Å². The van der Waals surface area contributed by atoms with Gasteiger partial charge in [0.2, 0.25) is 0 Å². The Morgan fingerprint density at radius 1 is 1.28 bits per heavy atom. The molecule has 4 rings (SSSR count). The van der Waals surface area contributed by atoms with Crippen LogP contribution >= 0.6 is 11.3 Å². The highest BCUT2D eigenvalue weighted by atomic mass is 32.1. The first kappa shape index (κ1) is 19.0. The number of nitrogens with one attached hydrogen (secondary N) is 2. The second-order valence-electron chi connectivity index (χ2n) is 6.39. The van der Waals surface area contributed by atoms with Crippen LogP contribution in [0.2, 0.25) is 0 Å². The Morgan fingerprint density at radius 3 is 2.93 bits per heavy atom. The number of benzene rings is 1. The maximum atomic E-state index is 12.7. The predicted octanol–water partition coefficient (Wildman–Crippen LogP) is 3.98. The van der Waals surface area contributed by atoms with Crippen LogP contribution in [0.5, 0.6) is 5.75 Å². The number of para-hydroxylation sites is 2. The van der Waals surface area contributed by atoms with Crippen LogP contribution in [0.15, 0.2) is 47.3 Å². The average Bonchev–Trinajstić information content (AvgIpc) is 3.38. The SMILES string of the molecule is CCOc1ccccc1NC(=O)N1CCc2nc(NC(=O)c3ccoc3)sc2C1. The van der Waals surface area contributed by atoms with E-state index in [0.717, 1.165) is 10.6 Å². The number of amides is 3. The Morgan fingerprint density at radius 2 is 2.14 bits per heavy atom. The summed E-state index contributed by atoms with van der Waals surface area (Å²) in [6.07, 6.45) is 3.46. The van der Waals surface area contributed by atoms with Gasteiger partial charge in [-0.15, -0.1) is 0 Å². The van der Waals surface area contributed by atoms with Gasteiger partial charge in [0.05, 0.1) is 36.4 Å². The second-order valence-corrected chi connectivity index (χ2v) is 7.47. The fourth-order valence-electron chi connectivity index (χ4n) is 3.03. The lowest BCUT2D eigenvalue weighted by Crippen LogP contribution is -2.38. The average molecular weight is 412 g/mol. The van der Waals surface area contributed by atoms with Crippen LogP contribution in [0.3, 0.4) is 0 Å². The van der Waals surface area contributed by atoms with Crippen LogP contribution in [0.4, 0.5) is 15.6 Å². The van der Waals surface area contributed by atoms with Gasteiger partial charge in [-0.25, -0.2) is 9.78 Å². The molecule has 9 heteroatoms.